The van der Waals surface area contributed by atoms with E-state index in [0.717, 1.165) is 24.5 Å². The van der Waals surface area contributed by atoms with Crippen molar-refractivity contribution >= 4 is 15.9 Å². The first-order chi connectivity index (χ1) is 12.2. The van der Waals surface area contributed by atoms with E-state index in [4.69, 9.17) is 4.74 Å². The van der Waals surface area contributed by atoms with Gasteiger partial charge in [-0.15, -0.1) is 0 Å². The summed E-state index contributed by atoms with van der Waals surface area (Å²) in [6.45, 7) is 1.65. The fraction of sp³-hybridized carbons (Fsp3) is 0.588. The molecule has 6 nitrogen and oxygen atoms in total. The molecule has 2 heterocycles. The van der Waals surface area contributed by atoms with Crippen molar-refractivity contribution in [3.05, 3.63) is 35.4 Å². The molecule has 2 unspecified atom stereocenters. The second kappa shape index (κ2) is 6.86. The van der Waals surface area contributed by atoms with Crippen molar-refractivity contribution in [2.75, 3.05) is 46.2 Å². The number of hydrogen-bond donors (Lipinski definition) is 0. The Bertz CT molecular complexity index is 817. The minimum absolute atomic E-state index is 0.119. The van der Waals surface area contributed by atoms with Crippen LogP contribution in [-0.2, 0) is 14.8 Å². The number of likely N-dealkylation sites (tertiary alicyclic amines) is 1. The number of sulfonamides is 1. The number of benzene rings is 1. The third-order valence-corrected chi connectivity index (χ3v) is 6.66. The molecule has 2 aliphatic rings. The molecule has 1 aromatic carbocycles. The van der Waals surface area contributed by atoms with Gasteiger partial charge in [-0.1, -0.05) is 0 Å². The lowest BCUT2D eigenvalue weighted by Gasteiger charge is -2.43. The Labute approximate surface area is 151 Å². The van der Waals surface area contributed by atoms with E-state index < -0.39 is 27.6 Å². The van der Waals surface area contributed by atoms with Crippen LogP contribution >= 0.6 is 0 Å². The number of methoxy groups -OCH3 is 1. The molecule has 0 N–H and O–H groups in total. The Morgan fingerprint density at radius 2 is 2.08 bits per heavy atom. The van der Waals surface area contributed by atoms with E-state index in [9.17, 15) is 22.0 Å². The van der Waals surface area contributed by atoms with Crippen LogP contribution in [0.4, 0.5) is 8.78 Å². The normalized spacial score (nSPS) is 26.8. The summed E-state index contributed by atoms with van der Waals surface area (Å²) in [7, 11) is -1.79. The number of nitrogens with zero attached hydrogens (tertiary/aromatic N) is 2. The Kier molecular flexibility index (Phi) is 5.06. The van der Waals surface area contributed by atoms with Crippen LogP contribution in [0.15, 0.2) is 18.2 Å². The zero-order valence-electron chi connectivity index (χ0n) is 14.7. The molecule has 0 bridgehead atoms. The minimum atomic E-state index is -3.35. The third-order valence-electron chi connectivity index (χ3n) is 5.45. The molecule has 0 aromatic heterocycles. The molecule has 0 radical (unpaired) electrons. The van der Waals surface area contributed by atoms with Gasteiger partial charge in [-0.2, -0.15) is 0 Å². The first-order valence-electron chi connectivity index (χ1n) is 8.35. The molecule has 26 heavy (non-hydrogen) atoms. The van der Waals surface area contributed by atoms with Gasteiger partial charge in [-0.05, 0) is 30.5 Å². The smallest absolute Gasteiger partial charge is 0.256 e. The van der Waals surface area contributed by atoms with Crippen LogP contribution in [0.3, 0.4) is 0 Å². The van der Waals surface area contributed by atoms with Gasteiger partial charge in [0.25, 0.3) is 5.91 Å². The molecular formula is C17H22F2N2O4S. The number of piperidine rings is 1. The molecule has 144 valence electrons. The molecule has 0 saturated carbocycles. The number of carbonyl (C=O) groups excluding carboxylic acids is 1. The van der Waals surface area contributed by atoms with Crippen molar-refractivity contribution in [3.63, 3.8) is 0 Å². The molecule has 3 rings (SSSR count). The van der Waals surface area contributed by atoms with Crippen LogP contribution in [0.5, 0.6) is 0 Å². The lowest BCUT2D eigenvalue weighted by atomic mass is 9.73. The highest BCUT2D eigenvalue weighted by Gasteiger charge is 2.52. The molecule has 2 saturated heterocycles. The second-order valence-corrected chi connectivity index (χ2v) is 9.16. The quantitative estimate of drug-likeness (QED) is 0.781. The van der Waals surface area contributed by atoms with Crippen LogP contribution in [0.25, 0.3) is 0 Å². The zero-order valence-corrected chi connectivity index (χ0v) is 15.6. The number of hydrogen-bond acceptors (Lipinski definition) is 4. The first-order valence-corrected chi connectivity index (χ1v) is 10.2. The highest BCUT2D eigenvalue weighted by atomic mass is 32.2. The van der Waals surface area contributed by atoms with E-state index in [-0.39, 0.29) is 30.0 Å². The van der Waals surface area contributed by atoms with Crippen LogP contribution in [0, 0.1) is 23.0 Å². The van der Waals surface area contributed by atoms with Crippen LogP contribution in [0.1, 0.15) is 16.8 Å². The lowest BCUT2D eigenvalue weighted by molar-refractivity contribution is 0.00326. The van der Waals surface area contributed by atoms with E-state index >= 15 is 0 Å². The van der Waals surface area contributed by atoms with Gasteiger partial charge in [0.1, 0.15) is 11.6 Å². The average Bonchev–Trinajstić information content (AvgIpc) is 2.95. The summed E-state index contributed by atoms with van der Waals surface area (Å²) in [5, 5.41) is 0. The summed E-state index contributed by atoms with van der Waals surface area (Å²) in [6.07, 6.45) is 1.70. The Balaban J connectivity index is 1.83. The van der Waals surface area contributed by atoms with Crippen molar-refractivity contribution in [1.82, 2.24) is 9.21 Å². The van der Waals surface area contributed by atoms with Crippen LogP contribution < -0.4 is 0 Å². The van der Waals surface area contributed by atoms with Crippen molar-refractivity contribution in [2.45, 2.75) is 6.42 Å². The summed E-state index contributed by atoms with van der Waals surface area (Å²) in [5.74, 6) is -2.14. The largest absolute Gasteiger partial charge is 0.384 e. The van der Waals surface area contributed by atoms with E-state index in [1.807, 2.05) is 0 Å². The summed E-state index contributed by atoms with van der Waals surface area (Å²) >= 11 is 0. The van der Waals surface area contributed by atoms with Crippen molar-refractivity contribution < 1.29 is 26.7 Å². The van der Waals surface area contributed by atoms with Crippen LogP contribution in [-0.4, -0.2) is 69.7 Å². The highest BCUT2D eigenvalue weighted by Crippen LogP contribution is 2.44. The van der Waals surface area contributed by atoms with Gasteiger partial charge < -0.3 is 9.64 Å². The summed E-state index contributed by atoms with van der Waals surface area (Å²) in [6, 6.07) is 2.79. The number of amides is 1. The van der Waals surface area contributed by atoms with Crippen molar-refractivity contribution in [1.29, 1.82) is 0 Å². The van der Waals surface area contributed by atoms with Gasteiger partial charge in [0, 0.05) is 38.7 Å². The van der Waals surface area contributed by atoms with E-state index in [0.29, 0.717) is 26.1 Å². The maximum Gasteiger partial charge on any atom is 0.256 e. The van der Waals surface area contributed by atoms with Crippen molar-refractivity contribution in [2.24, 2.45) is 11.3 Å². The molecular weight excluding hydrogens is 366 g/mol. The first kappa shape index (κ1) is 19.2. The number of halogens is 2. The van der Waals surface area contributed by atoms with Gasteiger partial charge in [0.2, 0.25) is 10.0 Å². The van der Waals surface area contributed by atoms with Gasteiger partial charge in [-0.3, -0.25) is 4.79 Å². The molecule has 1 aromatic rings. The Hall–Kier alpha value is -1.58. The molecule has 9 heteroatoms. The molecule has 2 atom stereocenters. The molecule has 0 spiro atoms. The fourth-order valence-electron chi connectivity index (χ4n) is 4.03. The van der Waals surface area contributed by atoms with Gasteiger partial charge in [0.05, 0.1) is 18.4 Å². The zero-order chi connectivity index (χ0) is 19.1. The van der Waals surface area contributed by atoms with Crippen molar-refractivity contribution in [3.8, 4) is 0 Å². The minimum Gasteiger partial charge on any atom is -0.384 e. The van der Waals surface area contributed by atoms with Gasteiger partial charge in [0.15, 0.2) is 0 Å². The SMILES string of the molecule is COCC12CCN(C(=O)c3cc(F)ccc3F)CC1CN(S(C)(=O)=O)C2. The monoisotopic (exact) mass is 388 g/mol. The van der Waals surface area contributed by atoms with Gasteiger partial charge in [-0.25, -0.2) is 21.5 Å². The second-order valence-electron chi connectivity index (χ2n) is 7.17. The standard InChI is InChI=1S/C17H22F2N2O4S/c1-25-11-17-5-6-20(8-12(17)9-21(10-17)26(2,23)24)16(22)14-7-13(18)3-4-15(14)19/h3-4,7,12H,5-6,8-11H2,1-2H3. The Morgan fingerprint density at radius 1 is 1.35 bits per heavy atom. The predicted octanol–water partition coefficient (Wildman–Crippen LogP) is 1.33. The third kappa shape index (κ3) is 3.47. The van der Waals surface area contributed by atoms with Crippen LogP contribution in [0.2, 0.25) is 0 Å². The van der Waals surface area contributed by atoms with E-state index in [1.165, 1.54) is 9.21 Å². The number of ether oxygens (including phenoxy) is 1. The topological polar surface area (TPSA) is 66.9 Å². The lowest BCUT2D eigenvalue weighted by Crippen LogP contribution is -2.51. The van der Waals surface area contributed by atoms with E-state index in [2.05, 4.69) is 0 Å². The average molecular weight is 388 g/mol. The number of fused-ring (bicyclic) bond motifs is 1. The summed E-state index contributed by atoms with van der Waals surface area (Å²) < 4.78 is 58.0. The maximum atomic E-state index is 13.9. The fourth-order valence-corrected chi connectivity index (χ4v) is 4.97. The Morgan fingerprint density at radius 3 is 2.73 bits per heavy atom. The summed E-state index contributed by atoms with van der Waals surface area (Å²) in [4.78, 5) is 14.1. The predicted molar refractivity (Wildman–Crippen MR) is 91.1 cm³/mol. The molecule has 0 aliphatic carbocycles. The maximum absolute atomic E-state index is 13.9. The highest BCUT2D eigenvalue weighted by molar-refractivity contribution is 7.88. The number of carbonyl (C=O) groups is 1. The molecule has 2 aliphatic heterocycles. The number of rotatable bonds is 4. The molecule has 2 fully saturated rings. The van der Waals surface area contributed by atoms with Gasteiger partial charge >= 0.3 is 0 Å². The molecule has 1 amide bonds. The summed E-state index contributed by atoms with van der Waals surface area (Å²) in [5.41, 5.74) is -0.669. The van der Waals surface area contributed by atoms with E-state index in [1.54, 1.807) is 7.11 Å².